The van der Waals surface area contributed by atoms with E-state index in [0.29, 0.717) is 34.3 Å². The van der Waals surface area contributed by atoms with Gasteiger partial charge < -0.3 is 28.8 Å². The van der Waals surface area contributed by atoms with Gasteiger partial charge in [-0.2, -0.15) is 0 Å². The molecule has 1 aliphatic rings. The molecule has 1 atom stereocenters. The molecule has 0 saturated heterocycles. The maximum atomic E-state index is 13.8. The summed E-state index contributed by atoms with van der Waals surface area (Å²) in [6.45, 7) is 2.22. The van der Waals surface area contributed by atoms with Crippen molar-refractivity contribution in [2.45, 2.75) is 19.5 Å². The molecular formula is C31H28N2O6. The molecule has 2 amide bonds. The zero-order valence-electron chi connectivity index (χ0n) is 21.6. The quantitative estimate of drug-likeness (QED) is 0.281. The van der Waals surface area contributed by atoms with Crippen LogP contribution in [0.5, 0.6) is 17.2 Å². The predicted molar refractivity (Wildman–Crippen MR) is 146 cm³/mol. The van der Waals surface area contributed by atoms with Gasteiger partial charge in [0.05, 0.1) is 19.9 Å². The molecule has 0 fully saturated rings. The number of hydrogen-bond donors (Lipinski definition) is 1. The fourth-order valence-corrected chi connectivity index (χ4v) is 4.25. The van der Waals surface area contributed by atoms with Gasteiger partial charge in [-0.25, -0.2) is 0 Å². The summed E-state index contributed by atoms with van der Waals surface area (Å²) in [6, 6.07) is 22.6. The molecule has 0 spiro atoms. The number of carbonyl (C=O) groups excluding carboxylic acids is 2. The highest BCUT2D eigenvalue weighted by Gasteiger charge is 2.31. The van der Waals surface area contributed by atoms with Crippen molar-refractivity contribution in [2.24, 2.45) is 0 Å². The number of nitrogens with one attached hydrogen (secondary N) is 1. The van der Waals surface area contributed by atoms with E-state index in [4.69, 9.17) is 18.6 Å². The summed E-state index contributed by atoms with van der Waals surface area (Å²) in [5.41, 5.74) is 3.06. The zero-order valence-corrected chi connectivity index (χ0v) is 21.6. The van der Waals surface area contributed by atoms with Crippen LogP contribution in [0.4, 0.5) is 5.69 Å². The summed E-state index contributed by atoms with van der Waals surface area (Å²) in [4.78, 5) is 29.0. The molecule has 198 valence electrons. The number of nitrogens with zero attached hydrogens (tertiary/aromatic N) is 1. The lowest BCUT2D eigenvalue weighted by Gasteiger charge is -2.30. The van der Waals surface area contributed by atoms with Crippen LogP contribution < -0.4 is 19.5 Å². The van der Waals surface area contributed by atoms with E-state index in [0.717, 1.165) is 11.1 Å². The number of methoxy groups -OCH3 is 1. The Bertz CT molecular complexity index is 1460. The average Bonchev–Trinajstić information content (AvgIpc) is 3.64. The number of ether oxygens (including phenoxy) is 3. The normalized spacial score (nSPS) is 12.8. The van der Waals surface area contributed by atoms with E-state index in [-0.39, 0.29) is 25.2 Å². The van der Waals surface area contributed by atoms with Crippen LogP contribution in [0.3, 0.4) is 0 Å². The highest BCUT2D eigenvalue weighted by atomic mass is 16.7. The highest BCUT2D eigenvalue weighted by Crippen LogP contribution is 2.33. The van der Waals surface area contributed by atoms with Crippen molar-refractivity contribution in [2.75, 3.05) is 19.2 Å². The molecule has 5 rings (SSSR count). The minimum Gasteiger partial charge on any atom is -0.497 e. The van der Waals surface area contributed by atoms with E-state index in [1.165, 1.54) is 11.0 Å². The molecule has 1 aromatic heterocycles. The van der Waals surface area contributed by atoms with Crippen LogP contribution in [0.15, 0.2) is 95.6 Å². The van der Waals surface area contributed by atoms with E-state index in [1.807, 2.05) is 37.3 Å². The van der Waals surface area contributed by atoms with Crippen molar-refractivity contribution < 1.29 is 28.2 Å². The van der Waals surface area contributed by atoms with Gasteiger partial charge in [0.25, 0.3) is 5.91 Å². The molecule has 0 saturated carbocycles. The molecule has 8 nitrogen and oxygen atoms in total. The minimum absolute atomic E-state index is 0.0892. The number of fused-ring (bicyclic) bond motifs is 1. The van der Waals surface area contributed by atoms with E-state index in [9.17, 15) is 9.59 Å². The molecular weight excluding hydrogens is 496 g/mol. The van der Waals surface area contributed by atoms with Gasteiger partial charge in [0.2, 0.25) is 12.7 Å². The lowest BCUT2D eigenvalue weighted by atomic mass is 10.0. The fraction of sp³-hybridized carbons (Fsp3) is 0.161. The molecule has 1 unspecified atom stereocenters. The van der Waals surface area contributed by atoms with Crippen molar-refractivity contribution in [1.82, 2.24) is 4.90 Å². The number of benzene rings is 3. The van der Waals surface area contributed by atoms with E-state index in [2.05, 4.69) is 5.32 Å². The Morgan fingerprint density at radius 2 is 1.77 bits per heavy atom. The molecule has 4 aromatic rings. The number of anilines is 1. The Morgan fingerprint density at radius 1 is 1.00 bits per heavy atom. The second-order valence-corrected chi connectivity index (χ2v) is 9.02. The van der Waals surface area contributed by atoms with E-state index >= 15 is 0 Å². The van der Waals surface area contributed by atoms with E-state index < -0.39 is 6.04 Å². The van der Waals surface area contributed by atoms with Gasteiger partial charge in [-0.1, -0.05) is 35.9 Å². The number of aryl methyl sites for hydroxylation is 1. The van der Waals surface area contributed by atoms with Crippen molar-refractivity contribution in [1.29, 1.82) is 0 Å². The molecule has 39 heavy (non-hydrogen) atoms. The third-order valence-electron chi connectivity index (χ3n) is 6.32. The van der Waals surface area contributed by atoms with Gasteiger partial charge in [-0.05, 0) is 72.7 Å². The monoisotopic (exact) mass is 524 g/mol. The van der Waals surface area contributed by atoms with Crippen LogP contribution in [0, 0.1) is 6.92 Å². The SMILES string of the molecule is COc1ccc(NC(=O)C(c2ccc(C)cc2)N(Cc2ccco2)C(=O)/C=C/c2ccc3c(c2)OCO3)cc1. The number of carbonyl (C=O) groups is 2. The van der Waals surface area contributed by atoms with Crippen molar-refractivity contribution >= 4 is 23.6 Å². The minimum atomic E-state index is -0.938. The molecule has 1 aliphatic heterocycles. The maximum Gasteiger partial charge on any atom is 0.251 e. The predicted octanol–water partition coefficient (Wildman–Crippen LogP) is 5.75. The van der Waals surface area contributed by atoms with Gasteiger partial charge in [0.15, 0.2) is 11.5 Å². The Kier molecular flexibility index (Phi) is 7.63. The van der Waals surface area contributed by atoms with Crippen molar-refractivity contribution in [3.63, 3.8) is 0 Å². The third kappa shape index (κ3) is 6.13. The first-order chi connectivity index (χ1) is 19.0. The molecule has 1 N–H and O–H groups in total. The number of furan rings is 1. The summed E-state index contributed by atoms with van der Waals surface area (Å²) in [7, 11) is 1.58. The van der Waals surface area contributed by atoms with Crippen LogP contribution in [-0.2, 0) is 16.1 Å². The average molecular weight is 525 g/mol. The molecule has 8 heteroatoms. The van der Waals surface area contributed by atoms with Crippen molar-refractivity contribution in [3.05, 3.63) is 114 Å². The standard InChI is InChI=1S/C31H28N2O6/c1-21-5-9-23(10-6-21)30(31(35)32-24-11-13-25(36-2)14-12-24)33(19-26-4-3-17-37-26)29(34)16-8-22-7-15-27-28(18-22)39-20-38-27/h3-18,30H,19-20H2,1-2H3,(H,32,35)/b16-8+. The molecule has 0 aliphatic carbocycles. The molecule has 2 heterocycles. The molecule has 0 radical (unpaired) electrons. The Morgan fingerprint density at radius 3 is 2.49 bits per heavy atom. The van der Waals surface area contributed by atoms with Crippen LogP contribution >= 0.6 is 0 Å². The van der Waals surface area contributed by atoms with Gasteiger partial charge >= 0.3 is 0 Å². The van der Waals surface area contributed by atoms with Gasteiger partial charge in [-0.15, -0.1) is 0 Å². The van der Waals surface area contributed by atoms with Gasteiger partial charge in [0.1, 0.15) is 17.6 Å². The maximum absolute atomic E-state index is 13.8. The highest BCUT2D eigenvalue weighted by molar-refractivity contribution is 6.00. The second-order valence-electron chi connectivity index (χ2n) is 9.02. The first-order valence-corrected chi connectivity index (χ1v) is 12.4. The fourth-order valence-electron chi connectivity index (χ4n) is 4.25. The summed E-state index contributed by atoms with van der Waals surface area (Å²) >= 11 is 0. The summed E-state index contributed by atoms with van der Waals surface area (Å²) in [5.74, 6) is 1.78. The Hall–Kier alpha value is -4.98. The zero-order chi connectivity index (χ0) is 27.2. The van der Waals surface area contributed by atoms with Crippen molar-refractivity contribution in [3.8, 4) is 17.2 Å². The van der Waals surface area contributed by atoms with Crippen LogP contribution in [-0.4, -0.2) is 30.6 Å². The first kappa shape index (κ1) is 25.7. The smallest absolute Gasteiger partial charge is 0.251 e. The molecule has 0 bridgehead atoms. The number of amides is 2. The second kappa shape index (κ2) is 11.6. The van der Waals surface area contributed by atoms with E-state index in [1.54, 1.807) is 68.0 Å². The lowest BCUT2D eigenvalue weighted by molar-refractivity contribution is -0.136. The van der Waals surface area contributed by atoms with Gasteiger partial charge in [0, 0.05) is 11.8 Å². The van der Waals surface area contributed by atoms with Crippen LogP contribution in [0.2, 0.25) is 0 Å². The Balaban J connectivity index is 1.48. The number of hydrogen-bond acceptors (Lipinski definition) is 6. The topological polar surface area (TPSA) is 90.2 Å². The lowest BCUT2D eigenvalue weighted by Crippen LogP contribution is -2.40. The van der Waals surface area contributed by atoms with Crippen LogP contribution in [0.25, 0.3) is 6.08 Å². The first-order valence-electron chi connectivity index (χ1n) is 12.4. The summed E-state index contributed by atoms with van der Waals surface area (Å²) in [5, 5.41) is 2.95. The third-order valence-corrected chi connectivity index (χ3v) is 6.32. The number of rotatable bonds is 9. The van der Waals surface area contributed by atoms with Crippen LogP contribution in [0.1, 0.15) is 28.5 Å². The largest absolute Gasteiger partial charge is 0.497 e. The summed E-state index contributed by atoms with van der Waals surface area (Å²) < 4.78 is 21.6. The van der Waals surface area contributed by atoms with Gasteiger partial charge in [-0.3, -0.25) is 9.59 Å². The Labute approximate surface area is 226 Å². The summed E-state index contributed by atoms with van der Waals surface area (Å²) in [6.07, 6.45) is 4.67. The molecule has 3 aromatic carbocycles.